The third kappa shape index (κ3) is 5.44. The van der Waals surface area contributed by atoms with Gasteiger partial charge in [-0.15, -0.1) is 0 Å². The third-order valence-corrected chi connectivity index (χ3v) is 5.17. The highest BCUT2D eigenvalue weighted by Gasteiger charge is 2.34. The van der Waals surface area contributed by atoms with E-state index in [1.54, 1.807) is 51.6 Å². The fourth-order valence-electron chi connectivity index (χ4n) is 3.68. The summed E-state index contributed by atoms with van der Waals surface area (Å²) < 4.78 is 27.0. The predicted molar refractivity (Wildman–Crippen MR) is 127 cm³/mol. The predicted octanol–water partition coefficient (Wildman–Crippen LogP) is 2.83. The zero-order valence-corrected chi connectivity index (χ0v) is 20.3. The minimum atomic E-state index is -0.725. The Morgan fingerprint density at radius 2 is 2.11 bits per heavy atom. The second-order valence-corrected chi connectivity index (χ2v) is 9.22. The van der Waals surface area contributed by atoms with E-state index >= 15 is 0 Å². The Morgan fingerprint density at radius 3 is 2.83 bits per heavy atom. The van der Waals surface area contributed by atoms with Crippen molar-refractivity contribution in [3.63, 3.8) is 0 Å². The number of aliphatic imine (C=N–C) groups is 1. The Labute approximate surface area is 202 Å². The quantitative estimate of drug-likeness (QED) is 0.645. The van der Waals surface area contributed by atoms with Crippen LogP contribution in [-0.2, 0) is 4.74 Å². The normalized spacial score (nSPS) is 19.2. The molecule has 184 valence electrons. The summed E-state index contributed by atoms with van der Waals surface area (Å²) in [6.45, 7) is 9.88. The topological polar surface area (TPSA) is 109 Å². The van der Waals surface area contributed by atoms with Crippen LogP contribution in [0.1, 0.15) is 50.8 Å². The van der Waals surface area contributed by atoms with Gasteiger partial charge in [-0.3, -0.25) is 4.79 Å². The number of ether oxygens (including phenoxy) is 2. The summed E-state index contributed by atoms with van der Waals surface area (Å²) in [5, 5.41) is 2.67. The largest absolute Gasteiger partial charge is 0.477 e. The van der Waals surface area contributed by atoms with Crippen LogP contribution in [0.3, 0.4) is 0 Å². The lowest BCUT2D eigenvalue weighted by atomic mass is 10.2. The molecule has 1 unspecified atom stereocenters. The number of fused-ring (bicyclic) bond motifs is 1. The number of nitrogens with one attached hydrogen (secondary N) is 1. The summed E-state index contributed by atoms with van der Waals surface area (Å²) >= 11 is 0. The van der Waals surface area contributed by atoms with E-state index < -0.39 is 29.6 Å². The van der Waals surface area contributed by atoms with E-state index in [4.69, 9.17) is 9.47 Å². The van der Waals surface area contributed by atoms with Gasteiger partial charge in [0.1, 0.15) is 22.6 Å². The van der Waals surface area contributed by atoms with E-state index in [2.05, 4.69) is 20.3 Å². The number of hydrogen-bond acceptors (Lipinski definition) is 7. The van der Waals surface area contributed by atoms with Crippen LogP contribution in [-0.4, -0.2) is 74.8 Å². The Balaban J connectivity index is 1.49. The number of nitrogens with zero attached hydrogens (tertiary/aromatic N) is 5. The second-order valence-electron chi connectivity index (χ2n) is 9.22. The van der Waals surface area contributed by atoms with Gasteiger partial charge < -0.3 is 19.7 Å². The number of rotatable bonds is 5. The van der Waals surface area contributed by atoms with Crippen LogP contribution in [0, 0.1) is 0 Å². The van der Waals surface area contributed by atoms with Crippen molar-refractivity contribution in [2.75, 3.05) is 19.7 Å². The molecule has 11 heteroatoms. The molecule has 1 aromatic heterocycles. The Hall–Kier alpha value is -3.89. The lowest BCUT2D eigenvalue weighted by Crippen LogP contribution is -2.35. The molecule has 4 rings (SSSR count). The zero-order valence-electron chi connectivity index (χ0n) is 20.3. The molecule has 0 aromatic carbocycles. The van der Waals surface area contributed by atoms with E-state index in [0.717, 1.165) is 5.57 Å². The summed E-state index contributed by atoms with van der Waals surface area (Å²) in [6, 6.07) is 0. The number of carbonyl (C=O) groups excluding carboxylic acids is 2. The Morgan fingerprint density at radius 1 is 1.34 bits per heavy atom. The van der Waals surface area contributed by atoms with E-state index in [1.807, 2.05) is 6.08 Å². The standard InChI is InChI=1S/C24H27FN6O4/c1-6-34-22-17(21(32)28-16-9-18(25)20-27-14(2)11-31(20)13-16)10-26-19(29-22)15-7-8-30(12-15)23(33)35-24(3,4)5/h7,9-11,13,20H,6,8,12H2,1-5H3/p+1. The molecule has 0 radical (unpaired) electrons. The molecule has 1 aromatic rings. The number of carbonyl (C=O) groups is 2. The van der Waals surface area contributed by atoms with Crippen molar-refractivity contribution >= 4 is 29.5 Å². The van der Waals surface area contributed by atoms with Crippen molar-refractivity contribution in [1.82, 2.24) is 20.2 Å². The molecular weight excluding hydrogens is 455 g/mol. The summed E-state index contributed by atoms with van der Waals surface area (Å²) in [7, 11) is 0. The molecule has 4 heterocycles. The minimum Gasteiger partial charge on any atom is -0.477 e. The summed E-state index contributed by atoms with van der Waals surface area (Å²) in [4.78, 5) is 39.8. The number of halogens is 1. The minimum absolute atomic E-state index is 0.0947. The fraction of sp³-hybridized carbons (Fsp3) is 0.417. The van der Waals surface area contributed by atoms with Crippen molar-refractivity contribution in [3.8, 4) is 5.88 Å². The molecule has 10 nitrogen and oxygen atoms in total. The van der Waals surface area contributed by atoms with E-state index in [0.29, 0.717) is 18.1 Å². The molecule has 0 saturated heterocycles. The van der Waals surface area contributed by atoms with Gasteiger partial charge in [-0.05, 0) is 34.6 Å². The van der Waals surface area contributed by atoms with Crippen LogP contribution in [0.25, 0.3) is 5.57 Å². The molecular formula is C24H28FN6O4+. The van der Waals surface area contributed by atoms with E-state index in [1.165, 1.54) is 17.2 Å². The summed E-state index contributed by atoms with van der Waals surface area (Å²) in [5.74, 6) is -0.574. The summed E-state index contributed by atoms with van der Waals surface area (Å²) in [6.07, 6.45) is 6.59. The average molecular weight is 484 g/mol. The molecule has 2 amide bonds. The highest BCUT2D eigenvalue weighted by Crippen LogP contribution is 2.25. The van der Waals surface area contributed by atoms with Crippen molar-refractivity contribution in [1.29, 1.82) is 0 Å². The van der Waals surface area contributed by atoms with Crippen LogP contribution in [0.2, 0.25) is 0 Å². The smallest absolute Gasteiger partial charge is 0.410 e. The number of hydrogen-bond donors (Lipinski definition) is 1. The maximum absolute atomic E-state index is 14.4. The highest BCUT2D eigenvalue weighted by atomic mass is 19.1. The van der Waals surface area contributed by atoms with Crippen molar-refractivity contribution in [2.45, 2.75) is 46.4 Å². The van der Waals surface area contributed by atoms with Gasteiger partial charge in [-0.2, -0.15) is 9.56 Å². The van der Waals surface area contributed by atoms with Gasteiger partial charge in [0.2, 0.25) is 5.88 Å². The lowest BCUT2D eigenvalue weighted by molar-refractivity contribution is -0.483. The number of aromatic nitrogens is 2. The first-order valence-corrected chi connectivity index (χ1v) is 11.3. The van der Waals surface area contributed by atoms with Crippen molar-refractivity contribution in [2.24, 2.45) is 4.99 Å². The van der Waals surface area contributed by atoms with Gasteiger partial charge in [0.15, 0.2) is 24.1 Å². The van der Waals surface area contributed by atoms with Gasteiger partial charge in [0.05, 0.1) is 13.2 Å². The highest BCUT2D eigenvalue weighted by molar-refractivity contribution is 6.28. The molecule has 1 atom stereocenters. The van der Waals surface area contributed by atoms with Gasteiger partial charge in [0.25, 0.3) is 5.91 Å². The molecule has 3 aliphatic rings. The van der Waals surface area contributed by atoms with Crippen LogP contribution in [0.15, 0.2) is 41.1 Å². The Kier molecular flexibility index (Phi) is 6.51. The van der Waals surface area contributed by atoms with Gasteiger partial charge in [0, 0.05) is 24.4 Å². The zero-order chi connectivity index (χ0) is 25.3. The SMILES string of the molecule is CCOc1nc(C2=CCN(C(=O)OC(C)(C)C)C2)ncc1C(=O)NC1=C[N+]2=CC(C)=NC2C(F)=C1. The molecule has 1 N–H and O–H groups in total. The third-order valence-electron chi connectivity index (χ3n) is 5.17. The molecule has 0 bridgehead atoms. The molecule has 0 aliphatic carbocycles. The average Bonchev–Trinajstić information content (AvgIpc) is 3.39. The van der Waals surface area contributed by atoms with E-state index in [9.17, 15) is 14.0 Å². The van der Waals surface area contributed by atoms with Crippen molar-refractivity contribution < 1.29 is 28.0 Å². The monoisotopic (exact) mass is 483 g/mol. The lowest BCUT2D eigenvalue weighted by Gasteiger charge is -2.24. The molecule has 0 saturated carbocycles. The first-order valence-electron chi connectivity index (χ1n) is 11.3. The number of amides is 2. The summed E-state index contributed by atoms with van der Waals surface area (Å²) in [5.41, 5.74) is 1.18. The van der Waals surface area contributed by atoms with Gasteiger partial charge in [-0.25, -0.2) is 19.2 Å². The van der Waals surface area contributed by atoms with Gasteiger partial charge in [-0.1, -0.05) is 6.08 Å². The van der Waals surface area contributed by atoms with Gasteiger partial charge >= 0.3 is 12.3 Å². The van der Waals surface area contributed by atoms with Crippen molar-refractivity contribution in [3.05, 3.63) is 47.5 Å². The first kappa shape index (κ1) is 24.2. The maximum Gasteiger partial charge on any atom is 0.410 e. The first-order chi connectivity index (χ1) is 16.5. The second kappa shape index (κ2) is 9.40. The maximum atomic E-state index is 14.4. The van der Waals surface area contributed by atoms with Crippen LogP contribution in [0.4, 0.5) is 9.18 Å². The van der Waals surface area contributed by atoms with E-state index in [-0.39, 0.29) is 30.3 Å². The number of allylic oxidation sites excluding steroid dienone is 1. The molecule has 3 aliphatic heterocycles. The molecule has 35 heavy (non-hydrogen) atoms. The van der Waals surface area contributed by atoms with Crippen LogP contribution >= 0.6 is 0 Å². The molecule has 0 fully saturated rings. The molecule has 0 spiro atoms. The van der Waals surface area contributed by atoms with Crippen LogP contribution in [0.5, 0.6) is 5.88 Å². The Bertz CT molecular complexity index is 1220. The fourth-order valence-corrected chi connectivity index (χ4v) is 3.68. The van der Waals surface area contributed by atoms with Crippen LogP contribution < -0.4 is 10.1 Å².